The predicted molar refractivity (Wildman–Crippen MR) is 71.0 cm³/mol. The monoisotopic (exact) mass is 217 g/mol. The van der Waals surface area contributed by atoms with E-state index in [1.54, 1.807) is 0 Å². The third kappa shape index (κ3) is 5.33. The first-order valence-corrected chi connectivity index (χ1v) is 9.26. The molecule has 1 aromatic carbocycles. The van der Waals surface area contributed by atoms with Gasteiger partial charge in [-0.3, -0.25) is 4.98 Å². The molecule has 0 aliphatic carbocycles. The molecule has 0 aliphatic rings. The van der Waals surface area contributed by atoms with Gasteiger partial charge in [0.25, 0.3) is 0 Å². The Morgan fingerprint density at radius 3 is 2.00 bits per heavy atom. The normalized spacial score (nSPS) is 10.7. The van der Waals surface area contributed by atoms with Gasteiger partial charge in [0, 0.05) is 19.7 Å². The van der Waals surface area contributed by atoms with E-state index in [0.717, 1.165) is 5.52 Å². The number of hydrogen-bond donors (Lipinski definition) is 0. The number of para-hydroxylation sites is 1. The van der Waals surface area contributed by atoms with Crippen molar-refractivity contribution in [1.82, 2.24) is 4.98 Å². The van der Waals surface area contributed by atoms with E-state index in [4.69, 9.17) is 0 Å². The molecule has 1 aromatic heterocycles. The molecule has 80 valence electrons. The molecule has 0 saturated carbocycles. The number of fused-ring (bicyclic) bond motifs is 1. The maximum absolute atomic E-state index is 4.18. The summed E-state index contributed by atoms with van der Waals surface area (Å²) in [5, 5.41) is 1.20. The molecule has 0 fully saturated rings. The minimum atomic E-state index is -0.611. The van der Waals surface area contributed by atoms with Gasteiger partial charge in [0.2, 0.25) is 0 Å². The lowest BCUT2D eigenvalue weighted by molar-refractivity contribution is 1.41. The third-order valence-corrected chi connectivity index (χ3v) is 1.51. The van der Waals surface area contributed by atoms with Gasteiger partial charge in [-0.05, 0) is 12.1 Å². The first-order chi connectivity index (χ1) is 6.97. The summed E-state index contributed by atoms with van der Waals surface area (Å²) in [6, 6.07) is 12.1. The first kappa shape index (κ1) is 11.9. The smallest absolute Gasteiger partial charge is 0.0701 e. The number of benzene rings is 1. The van der Waals surface area contributed by atoms with Crippen LogP contribution in [0.3, 0.4) is 0 Å². The summed E-state index contributed by atoms with van der Waals surface area (Å²) in [5.74, 6) is 0. The molecule has 1 nitrogen and oxygen atoms in total. The highest BCUT2D eigenvalue weighted by Crippen LogP contribution is 2.07. The van der Waals surface area contributed by atoms with Gasteiger partial charge in [-0.25, -0.2) is 0 Å². The lowest BCUT2D eigenvalue weighted by atomic mass is 10.2. The number of rotatable bonds is 0. The van der Waals surface area contributed by atoms with Crippen molar-refractivity contribution in [2.45, 2.75) is 26.2 Å². The zero-order valence-corrected chi connectivity index (χ0v) is 11.0. The van der Waals surface area contributed by atoms with Crippen molar-refractivity contribution < 1.29 is 0 Å². The molecule has 0 atom stereocenters. The fourth-order valence-electron chi connectivity index (χ4n) is 1.02. The molecule has 2 heteroatoms. The van der Waals surface area contributed by atoms with E-state index in [-0.39, 0.29) is 0 Å². The lowest BCUT2D eigenvalue weighted by Gasteiger charge is -2.01. The van der Waals surface area contributed by atoms with Crippen molar-refractivity contribution in [1.29, 1.82) is 0 Å². The molecule has 0 amide bonds. The van der Waals surface area contributed by atoms with E-state index < -0.39 is 8.07 Å². The van der Waals surface area contributed by atoms with Crippen LogP contribution in [0.1, 0.15) is 0 Å². The molecule has 0 radical (unpaired) electrons. The standard InChI is InChI=1S/C9H7N.C4H12Si/c1-2-6-9-8(4-1)5-3-7-10-9;1-5(2,3)4/h1-7H;1-4H3. The van der Waals surface area contributed by atoms with Gasteiger partial charge in [0.15, 0.2) is 0 Å². The van der Waals surface area contributed by atoms with Crippen LogP contribution >= 0.6 is 0 Å². The van der Waals surface area contributed by atoms with Crippen molar-refractivity contribution in [3.8, 4) is 0 Å². The molecule has 0 N–H and O–H groups in total. The van der Waals surface area contributed by atoms with Crippen LogP contribution in [0.5, 0.6) is 0 Å². The Kier molecular flexibility index (Phi) is 4.03. The van der Waals surface area contributed by atoms with Crippen LogP contribution in [0.2, 0.25) is 26.2 Å². The number of aromatic nitrogens is 1. The molecule has 0 bridgehead atoms. The maximum Gasteiger partial charge on any atom is 0.0701 e. The van der Waals surface area contributed by atoms with Crippen LogP contribution < -0.4 is 0 Å². The second-order valence-corrected chi connectivity index (χ2v) is 11.2. The van der Waals surface area contributed by atoms with Crippen LogP contribution in [0.15, 0.2) is 42.6 Å². The Hall–Kier alpha value is -1.15. The average molecular weight is 217 g/mol. The fraction of sp³-hybridized carbons (Fsp3) is 0.308. The highest BCUT2D eigenvalue weighted by atomic mass is 28.3. The molecule has 0 aliphatic heterocycles. The minimum Gasteiger partial charge on any atom is -0.256 e. The second-order valence-electron chi connectivity index (χ2n) is 5.20. The van der Waals surface area contributed by atoms with E-state index in [0.29, 0.717) is 0 Å². The number of hydrogen-bond acceptors (Lipinski definition) is 1. The number of nitrogens with zero attached hydrogens (tertiary/aromatic N) is 1. The quantitative estimate of drug-likeness (QED) is 0.603. The van der Waals surface area contributed by atoms with Gasteiger partial charge in [-0.2, -0.15) is 0 Å². The fourth-order valence-corrected chi connectivity index (χ4v) is 1.02. The zero-order chi connectivity index (χ0) is 11.3. The number of pyridine rings is 1. The Labute approximate surface area is 93.2 Å². The van der Waals surface area contributed by atoms with Gasteiger partial charge in [-0.1, -0.05) is 50.5 Å². The van der Waals surface area contributed by atoms with Crippen LogP contribution in [0, 0.1) is 0 Å². The highest BCUT2D eigenvalue weighted by molar-refractivity contribution is 6.74. The van der Waals surface area contributed by atoms with Crippen molar-refractivity contribution in [2.75, 3.05) is 0 Å². The lowest BCUT2D eigenvalue weighted by Crippen LogP contribution is -2.10. The highest BCUT2D eigenvalue weighted by Gasteiger charge is 1.99. The Morgan fingerprint density at radius 2 is 1.40 bits per heavy atom. The predicted octanol–water partition coefficient (Wildman–Crippen LogP) is 4.19. The minimum absolute atomic E-state index is 0.611. The van der Waals surface area contributed by atoms with E-state index in [1.165, 1.54) is 5.39 Å². The molecule has 0 unspecified atom stereocenters. The van der Waals surface area contributed by atoms with Crippen molar-refractivity contribution in [3.63, 3.8) is 0 Å². The van der Waals surface area contributed by atoms with Gasteiger partial charge in [0.1, 0.15) is 0 Å². The Bertz CT molecular complexity index is 347. The van der Waals surface area contributed by atoms with Gasteiger partial charge in [0.05, 0.1) is 5.52 Å². The van der Waals surface area contributed by atoms with E-state index in [2.05, 4.69) is 43.3 Å². The van der Waals surface area contributed by atoms with Gasteiger partial charge < -0.3 is 0 Å². The van der Waals surface area contributed by atoms with E-state index >= 15 is 0 Å². The summed E-state index contributed by atoms with van der Waals surface area (Å²) in [6.45, 7) is 9.31. The van der Waals surface area contributed by atoms with Crippen LogP contribution in [-0.2, 0) is 0 Å². The van der Waals surface area contributed by atoms with E-state index in [1.807, 2.05) is 30.5 Å². The summed E-state index contributed by atoms with van der Waals surface area (Å²) in [7, 11) is -0.611. The topological polar surface area (TPSA) is 12.9 Å². The second kappa shape index (κ2) is 5.08. The third-order valence-electron chi connectivity index (χ3n) is 1.51. The SMILES string of the molecule is C[Si](C)(C)C.c1ccc2ncccc2c1. The largest absolute Gasteiger partial charge is 0.256 e. The molecule has 2 rings (SSSR count). The molecule has 15 heavy (non-hydrogen) atoms. The van der Waals surface area contributed by atoms with E-state index in [9.17, 15) is 0 Å². The Morgan fingerprint density at radius 1 is 0.867 bits per heavy atom. The molecular weight excluding hydrogens is 198 g/mol. The molecule has 2 aromatic rings. The van der Waals surface area contributed by atoms with Crippen molar-refractivity contribution in [2.24, 2.45) is 0 Å². The summed E-state index contributed by atoms with van der Waals surface area (Å²) >= 11 is 0. The Balaban J connectivity index is 0.000000195. The first-order valence-electron chi connectivity index (χ1n) is 5.26. The van der Waals surface area contributed by atoms with Crippen LogP contribution in [0.4, 0.5) is 0 Å². The molecular formula is C13H19NSi. The molecule has 0 spiro atoms. The van der Waals surface area contributed by atoms with Crippen molar-refractivity contribution in [3.05, 3.63) is 42.6 Å². The van der Waals surface area contributed by atoms with Crippen LogP contribution in [-0.4, -0.2) is 13.1 Å². The summed E-state index contributed by atoms with van der Waals surface area (Å²) < 4.78 is 0. The molecule has 0 saturated heterocycles. The molecule has 1 heterocycles. The van der Waals surface area contributed by atoms with Gasteiger partial charge in [-0.15, -0.1) is 0 Å². The maximum atomic E-state index is 4.18. The average Bonchev–Trinajstić information content (AvgIpc) is 2.16. The van der Waals surface area contributed by atoms with Crippen molar-refractivity contribution >= 4 is 19.0 Å². The zero-order valence-electron chi connectivity index (χ0n) is 9.99. The summed E-state index contributed by atoms with van der Waals surface area (Å²) in [4.78, 5) is 4.18. The summed E-state index contributed by atoms with van der Waals surface area (Å²) in [5.41, 5.74) is 1.06. The van der Waals surface area contributed by atoms with Crippen LogP contribution in [0.25, 0.3) is 10.9 Å². The summed E-state index contributed by atoms with van der Waals surface area (Å²) in [6.07, 6.45) is 1.81. The van der Waals surface area contributed by atoms with Gasteiger partial charge >= 0.3 is 0 Å².